The number of hydrogen-bond acceptors (Lipinski definition) is 4. The lowest BCUT2D eigenvalue weighted by Gasteiger charge is -2.18. The van der Waals surface area contributed by atoms with E-state index in [4.69, 9.17) is 9.15 Å². The van der Waals surface area contributed by atoms with E-state index in [0.717, 1.165) is 19.0 Å². The van der Waals surface area contributed by atoms with E-state index in [9.17, 15) is 9.18 Å². The third kappa shape index (κ3) is 4.77. The van der Waals surface area contributed by atoms with Crippen molar-refractivity contribution >= 4 is 17.3 Å². The lowest BCUT2D eigenvalue weighted by molar-refractivity contribution is 0.0992. The van der Waals surface area contributed by atoms with E-state index in [2.05, 4.69) is 17.1 Å². The van der Waals surface area contributed by atoms with Crippen molar-refractivity contribution in [3.8, 4) is 5.75 Å². The van der Waals surface area contributed by atoms with Crippen LogP contribution in [0.2, 0.25) is 0 Å². The van der Waals surface area contributed by atoms with Crippen molar-refractivity contribution < 1.29 is 18.3 Å². The minimum atomic E-state index is -0.322. The predicted molar refractivity (Wildman–Crippen MR) is 110 cm³/mol. The van der Waals surface area contributed by atoms with E-state index in [1.165, 1.54) is 24.2 Å². The van der Waals surface area contributed by atoms with Gasteiger partial charge < -0.3 is 19.4 Å². The van der Waals surface area contributed by atoms with Crippen LogP contribution in [0.4, 0.5) is 15.8 Å². The standard InChI is InChI=1S/C23H23FN2O3/c1-16-12-13-26(14-16)19-6-4-18(5-7-19)25-23(27)22-11-10-21(29-22)15-28-20-8-2-17(24)3-9-20/h2-11,16H,12-15H2,1H3,(H,25,27). The van der Waals surface area contributed by atoms with Gasteiger partial charge in [0.1, 0.15) is 23.9 Å². The highest BCUT2D eigenvalue weighted by molar-refractivity contribution is 6.02. The Morgan fingerprint density at radius 3 is 2.59 bits per heavy atom. The Morgan fingerprint density at radius 2 is 1.90 bits per heavy atom. The van der Waals surface area contributed by atoms with Crippen molar-refractivity contribution in [2.75, 3.05) is 23.3 Å². The molecule has 1 saturated heterocycles. The van der Waals surface area contributed by atoms with Crippen LogP contribution in [-0.2, 0) is 6.61 Å². The minimum Gasteiger partial charge on any atom is -0.486 e. The summed E-state index contributed by atoms with van der Waals surface area (Å²) >= 11 is 0. The number of benzene rings is 2. The molecular weight excluding hydrogens is 371 g/mol. The second-order valence-corrected chi connectivity index (χ2v) is 7.35. The fraction of sp³-hybridized carbons (Fsp3) is 0.261. The number of hydrogen-bond donors (Lipinski definition) is 1. The summed E-state index contributed by atoms with van der Waals surface area (Å²) in [4.78, 5) is 14.8. The van der Waals surface area contributed by atoms with Crippen LogP contribution >= 0.6 is 0 Å². The first-order valence-corrected chi connectivity index (χ1v) is 9.70. The second-order valence-electron chi connectivity index (χ2n) is 7.35. The number of carbonyl (C=O) groups excluding carboxylic acids is 1. The fourth-order valence-corrected chi connectivity index (χ4v) is 3.38. The van der Waals surface area contributed by atoms with Gasteiger partial charge in [-0.2, -0.15) is 0 Å². The summed E-state index contributed by atoms with van der Waals surface area (Å²) in [6.07, 6.45) is 1.21. The van der Waals surface area contributed by atoms with Crippen molar-refractivity contribution in [3.63, 3.8) is 0 Å². The number of furan rings is 1. The average molecular weight is 394 g/mol. The molecule has 1 aliphatic rings. The van der Waals surface area contributed by atoms with Gasteiger partial charge in [-0.3, -0.25) is 4.79 Å². The van der Waals surface area contributed by atoms with Crippen LogP contribution in [0.15, 0.2) is 65.1 Å². The summed E-state index contributed by atoms with van der Waals surface area (Å²) in [7, 11) is 0. The molecule has 0 saturated carbocycles. The number of anilines is 2. The maximum atomic E-state index is 12.9. The highest BCUT2D eigenvalue weighted by Gasteiger charge is 2.19. The Balaban J connectivity index is 1.32. The van der Waals surface area contributed by atoms with Crippen LogP contribution in [0.5, 0.6) is 5.75 Å². The molecule has 2 heterocycles. The van der Waals surface area contributed by atoms with Gasteiger partial charge in [0, 0.05) is 24.5 Å². The first-order valence-electron chi connectivity index (χ1n) is 9.70. The Kier molecular flexibility index (Phi) is 5.51. The molecule has 4 rings (SSSR count). The summed E-state index contributed by atoms with van der Waals surface area (Å²) in [6, 6.07) is 16.9. The molecule has 150 valence electrons. The maximum Gasteiger partial charge on any atom is 0.291 e. The second kappa shape index (κ2) is 8.39. The molecule has 1 amide bonds. The van der Waals surface area contributed by atoms with Crippen molar-refractivity contribution in [1.82, 2.24) is 0 Å². The minimum absolute atomic E-state index is 0.155. The molecule has 29 heavy (non-hydrogen) atoms. The first-order chi connectivity index (χ1) is 14.1. The molecule has 0 bridgehead atoms. The summed E-state index contributed by atoms with van der Waals surface area (Å²) in [5.41, 5.74) is 1.89. The third-order valence-corrected chi connectivity index (χ3v) is 4.99. The zero-order valence-corrected chi connectivity index (χ0v) is 16.2. The zero-order chi connectivity index (χ0) is 20.2. The van der Waals surface area contributed by atoms with Gasteiger partial charge in [0.2, 0.25) is 0 Å². The lowest BCUT2D eigenvalue weighted by Crippen LogP contribution is -2.19. The molecule has 1 aliphatic heterocycles. The molecule has 2 aromatic carbocycles. The Bertz CT molecular complexity index is 967. The van der Waals surface area contributed by atoms with Gasteiger partial charge in [-0.1, -0.05) is 6.92 Å². The molecule has 1 fully saturated rings. The van der Waals surface area contributed by atoms with Gasteiger partial charge in [-0.15, -0.1) is 0 Å². The molecule has 3 aromatic rings. The Morgan fingerprint density at radius 1 is 1.14 bits per heavy atom. The predicted octanol–water partition coefficient (Wildman–Crippen LogP) is 5.10. The first kappa shape index (κ1) is 19.1. The van der Waals surface area contributed by atoms with Crippen LogP contribution in [0, 0.1) is 11.7 Å². The molecule has 0 radical (unpaired) electrons. The molecule has 1 unspecified atom stereocenters. The number of halogens is 1. The van der Waals surface area contributed by atoms with Gasteiger partial charge in [0.05, 0.1) is 0 Å². The molecule has 0 spiro atoms. The summed E-state index contributed by atoms with van der Waals surface area (Å²) in [5, 5.41) is 2.84. The van der Waals surface area contributed by atoms with Gasteiger partial charge >= 0.3 is 0 Å². The number of ether oxygens (including phenoxy) is 1. The van der Waals surface area contributed by atoms with E-state index >= 15 is 0 Å². The van der Waals surface area contributed by atoms with Gasteiger partial charge in [-0.05, 0) is 73.0 Å². The SMILES string of the molecule is CC1CCN(c2ccc(NC(=O)c3ccc(COc4ccc(F)cc4)o3)cc2)C1. The highest BCUT2D eigenvalue weighted by Crippen LogP contribution is 2.25. The molecule has 1 atom stereocenters. The van der Waals surface area contributed by atoms with Gasteiger partial charge in [0.15, 0.2) is 5.76 Å². The normalized spacial score (nSPS) is 16.1. The number of rotatable bonds is 6. The number of carbonyl (C=O) groups is 1. The molecule has 1 N–H and O–H groups in total. The number of amides is 1. The van der Waals surface area contributed by atoms with Crippen LogP contribution < -0.4 is 15.0 Å². The number of nitrogens with zero attached hydrogens (tertiary/aromatic N) is 1. The third-order valence-electron chi connectivity index (χ3n) is 4.99. The molecule has 6 heteroatoms. The monoisotopic (exact) mass is 394 g/mol. The van der Waals surface area contributed by atoms with Crippen LogP contribution in [0.25, 0.3) is 0 Å². The van der Waals surface area contributed by atoms with Crippen LogP contribution in [0.1, 0.15) is 29.7 Å². The van der Waals surface area contributed by atoms with Crippen LogP contribution in [-0.4, -0.2) is 19.0 Å². The van der Waals surface area contributed by atoms with Crippen molar-refractivity contribution in [3.05, 3.63) is 78.0 Å². The van der Waals surface area contributed by atoms with Gasteiger partial charge in [0.25, 0.3) is 5.91 Å². The quantitative estimate of drug-likeness (QED) is 0.632. The van der Waals surface area contributed by atoms with Crippen molar-refractivity contribution in [2.24, 2.45) is 5.92 Å². The van der Waals surface area contributed by atoms with Crippen LogP contribution in [0.3, 0.4) is 0 Å². The maximum absolute atomic E-state index is 12.9. The van der Waals surface area contributed by atoms with E-state index < -0.39 is 0 Å². The van der Waals surface area contributed by atoms with E-state index in [0.29, 0.717) is 17.2 Å². The summed E-state index contributed by atoms with van der Waals surface area (Å²) in [5.74, 6) is 1.33. The molecule has 1 aromatic heterocycles. The van der Waals surface area contributed by atoms with E-state index in [-0.39, 0.29) is 24.1 Å². The van der Waals surface area contributed by atoms with Crippen molar-refractivity contribution in [1.29, 1.82) is 0 Å². The average Bonchev–Trinajstić information content (AvgIpc) is 3.37. The van der Waals surface area contributed by atoms with Crippen molar-refractivity contribution in [2.45, 2.75) is 20.0 Å². The summed E-state index contributed by atoms with van der Waals surface area (Å²) < 4.78 is 24.0. The smallest absolute Gasteiger partial charge is 0.291 e. The highest BCUT2D eigenvalue weighted by atomic mass is 19.1. The molecular formula is C23H23FN2O3. The van der Waals surface area contributed by atoms with Gasteiger partial charge in [-0.25, -0.2) is 4.39 Å². The number of nitrogens with one attached hydrogen (secondary N) is 1. The largest absolute Gasteiger partial charge is 0.486 e. The lowest BCUT2D eigenvalue weighted by atomic mass is 10.2. The zero-order valence-electron chi connectivity index (χ0n) is 16.2. The Hall–Kier alpha value is -3.28. The van der Waals surface area contributed by atoms with E-state index in [1.54, 1.807) is 24.3 Å². The fourth-order valence-electron chi connectivity index (χ4n) is 3.38. The molecule has 5 nitrogen and oxygen atoms in total. The molecule has 0 aliphatic carbocycles. The summed E-state index contributed by atoms with van der Waals surface area (Å²) in [6.45, 7) is 4.56. The topological polar surface area (TPSA) is 54.7 Å². The Labute approximate surface area is 169 Å². The van der Waals surface area contributed by atoms with E-state index in [1.807, 2.05) is 24.3 Å².